The van der Waals surface area contributed by atoms with Gasteiger partial charge in [0.2, 0.25) is 0 Å². The number of aryl methyl sites for hydroxylation is 2. The highest BCUT2D eigenvalue weighted by atomic mass is 16.5. The van der Waals surface area contributed by atoms with Crippen LogP contribution in [0.2, 0.25) is 0 Å². The highest BCUT2D eigenvalue weighted by Crippen LogP contribution is 2.24. The fraction of sp³-hybridized carbons (Fsp3) is 0.400. The normalized spacial score (nSPS) is 11.8. The van der Waals surface area contributed by atoms with Gasteiger partial charge < -0.3 is 10.1 Å². The molecule has 0 saturated carbocycles. The summed E-state index contributed by atoms with van der Waals surface area (Å²) in [6.07, 6.45) is 1.14. The molecule has 0 saturated heterocycles. The summed E-state index contributed by atoms with van der Waals surface area (Å²) in [6.45, 7) is 11.8. The Morgan fingerprint density at radius 3 is 2.72 bits per heavy atom. The Labute approximate surface area is 109 Å². The van der Waals surface area contributed by atoms with Crippen molar-refractivity contribution in [2.45, 2.75) is 33.8 Å². The summed E-state index contributed by atoms with van der Waals surface area (Å²) in [5.41, 5.74) is 3.37. The molecule has 0 spiro atoms. The van der Waals surface area contributed by atoms with E-state index in [0.717, 1.165) is 16.9 Å². The number of hydrogen-bond donors (Lipinski definition) is 1. The van der Waals surface area contributed by atoms with Crippen LogP contribution in [0.1, 0.15) is 23.6 Å². The quantitative estimate of drug-likeness (QED) is 0.812. The fourth-order valence-corrected chi connectivity index (χ4v) is 1.68. The van der Waals surface area contributed by atoms with Gasteiger partial charge in [0.1, 0.15) is 5.75 Å². The lowest BCUT2D eigenvalue weighted by Crippen LogP contribution is -2.36. The monoisotopic (exact) mass is 247 g/mol. The van der Waals surface area contributed by atoms with Crippen LogP contribution in [0, 0.1) is 20.8 Å². The van der Waals surface area contributed by atoms with Crippen molar-refractivity contribution < 1.29 is 9.53 Å². The second-order valence-corrected chi connectivity index (χ2v) is 4.50. The van der Waals surface area contributed by atoms with Crippen LogP contribution in [0.5, 0.6) is 5.75 Å². The van der Waals surface area contributed by atoms with Gasteiger partial charge in [-0.2, -0.15) is 0 Å². The second kappa shape index (κ2) is 6.24. The number of amides is 1. The second-order valence-electron chi connectivity index (χ2n) is 4.50. The third-order valence-corrected chi connectivity index (χ3v) is 2.86. The molecule has 1 rings (SSSR count). The average molecular weight is 247 g/mol. The maximum Gasteiger partial charge on any atom is 0.261 e. The van der Waals surface area contributed by atoms with E-state index in [2.05, 4.69) is 18.0 Å². The molecule has 0 aliphatic carbocycles. The van der Waals surface area contributed by atoms with E-state index in [-0.39, 0.29) is 5.91 Å². The van der Waals surface area contributed by atoms with Gasteiger partial charge in [-0.1, -0.05) is 12.1 Å². The molecule has 0 bridgehead atoms. The molecule has 0 aliphatic rings. The SMILES string of the molecule is C=CCNC(=O)[C@@H](C)Oc1cc(C)cc(C)c1C. The molecule has 0 unspecified atom stereocenters. The van der Waals surface area contributed by atoms with E-state index in [1.54, 1.807) is 13.0 Å². The Morgan fingerprint density at radius 1 is 1.44 bits per heavy atom. The highest BCUT2D eigenvalue weighted by Gasteiger charge is 2.15. The number of rotatable bonds is 5. The number of ether oxygens (including phenoxy) is 1. The molecule has 0 aromatic heterocycles. The number of carbonyl (C=O) groups excluding carboxylic acids is 1. The first-order valence-corrected chi connectivity index (χ1v) is 6.08. The third kappa shape index (κ3) is 3.62. The largest absolute Gasteiger partial charge is 0.481 e. The van der Waals surface area contributed by atoms with Gasteiger partial charge in [0.05, 0.1) is 0 Å². The summed E-state index contributed by atoms with van der Waals surface area (Å²) in [7, 11) is 0. The summed E-state index contributed by atoms with van der Waals surface area (Å²) in [6, 6.07) is 4.06. The zero-order valence-electron chi connectivity index (χ0n) is 11.5. The number of nitrogens with one attached hydrogen (secondary N) is 1. The molecule has 3 nitrogen and oxygen atoms in total. The molecule has 1 aromatic carbocycles. The molecule has 0 fully saturated rings. The third-order valence-electron chi connectivity index (χ3n) is 2.86. The van der Waals surface area contributed by atoms with E-state index in [4.69, 9.17) is 4.74 Å². The van der Waals surface area contributed by atoms with Crippen LogP contribution in [0.15, 0.2) is 24.8 Å². The Hall–Kier alpha value is -1.77. The van der Waals surface area contributed by atoms with Crippen molar-refractivity contribution in [3.05, 3.63) is 41.5 Å². The highest BCUT2D eigenvalue weighted by molar-refractivity contribution is 5.80. The predicted octanol–water partition coefficient (Wildman–Crippen LogP) is 2.68. The van der Waals surface area contributed by atoms with Crippen LogP contribution in [0.3, 0.4) is 0 Å². The first-order valence-electron chi connectivity index (χ1n) is 6.08. The summed E-state index contributed by atoms with van der Waals surface area (Å²) >= 11 is 0. The average Bonchev–Trinajstić information content (AvgIpc) is 2.32. The van der Waals surface area contributed by atoms with Crippen molar-refractivity contribution in [2.75, 3.05) is 6.54 Å². The number of hydrogen-bond acceptors (Lipinski definition) is 2. The maximum atomic E-state index is 11.7. The predicted molar refractivity (Wildman–Crippen MR) is 73.9 cm³/mol. The van der Waals surface area contributed by atoms with Gasteiger partial charge in [0.25, 0.3) is 5.91 Å². The Kier molecular flexibility index (Phi) is 4.95. The molecular formula is C15H21NO2. The van der Waals surface area contributed by atoms with Crippen LogP contribution >= 0.6 is 0 Å². The van der Waals surface area contributed by atoms with Gasteiger partial charge in [-0.05, 0) is 50.5 Å². The van der Waals surface area contributed by atoms with Gasteiger partial charge in [0.15, 0.2) is 6.10 Å². The minimum atomic E-state index is -0.509. The Bertz CT molecular complexity index is 452. The van der Waals surface area contributed by atoms with Crippen LogP contribution in [0.25, 0.3) is 0 Å². The van der Waals surface area contributed by atoms with Crippen LogP contribution in [-0.2, 0) is 4.79 Å². The zero-order chi connectivity index (χ0) is 13.7. The summed E-state index contributed by atoms with van der Waals surface area (Å²) in [4.78, 5) is 11.7. The minimum absolute atomic E-state index is 0.131. The summed E-state index contributed by atoms with van der Waals surface area (Å²) in [5.74, 6) is 0.641. The number of carbonyl (C=O) groups is 1. The molecule has 1 amide bonds. The lowest BCUT2D eigenvalue weighted by Gasteiger charge is -2.17. The van der Waals surface area contributed by atoms with Gasteiger partial charge >= 0.3 is 0 Å². The van der Waals surface area contributed by atoms with E-state index in [0.29, 0.717) is 6.54 Å². The topological polar surface area (TPSA) is 38.3 Å². The standard InChI is InChI=1S/C15H21NO2/c1-6-7-16-15(17)13(5)18-14-9-10(2)8-11(3)12(14)4/h6,8-9,13H,1,7H2,2-5H3,(H,16,17)/t13-/m1/s1. The molecule has 18 heavy (non-hydrogen) atoms. The van der Waals surface area contributed by atoms with Gasteiger partial charge in [0, 0.05) is 6.54 Å². The van der Waals surface area contributed by atoms with Crippen molar-refractivity contribution in [3.8, 4) is 5.75 Å². The van der Waals surface area contributed by atoms with E-state index in [1.807, 2.05) is 26.8 Å². The van der Waals surface area contributed by atoms with E-state index in [9.17, 15) is 4.79 Å². The molecule has 3 heteroatoms. The van der Waals surface area contributed by atoms with Gasteiger partial charge in [-0.15, -0.1) is 6.58 Å². The van der Waals surface area contributed by atoms with Crippen molar-refractivity contribution in [1.82, 2.24) is 5.32 Å². The van der Waals surface area contributed by atoms with Crippen LogP contribution in [-0.4, -0.2) is 18.6 Å². The van der Waals surface area contributed by atoms with Crippen LogP contribution < -0.4 is 10.1 Å². The zero-order valence-corrected chi connectivity index (χ0v) is 11.5. The van der Waals surface area contributed by atoms with E-state index >= 15 is 0 Å². The smallest absolute Gasteiger partial charge is 0.261 e. The molecule has 0 radical (unpaired) electrons. The van der Waals surface area contributed by atoms with E-state index < -0.39 is 6.10 Å². The molecule has 98 valence electrons. The first-order chi connectivity index (χ1) is 8.45. The fourth-order valence-electron chi connectivity index (χ4n) is 1.68. The Balaban J connectivity index is 2.78. The lowest BCUT2D eigenvalue weighted by atomic mass is 10.1. The Morgan fingerprint density at radius 2 is 2.11 bits per heavy atom. The maximum absolute atomic E-state index is 11.7. The first kappa shape index (κ1) is 14.3. The molecular weight excluding hydrogens is 226 g/mol. The van der Waals surface area contributed by atoms with Crippen molar-refractivity contribution in [2.24, 2.45) is 0 Å². The van der Waals surface area contributed by atoms with Crippen molar-refractivity contribution in [1.29, 1.82) is 0 Å². The summed E-state index contributed by atoms with van der Waals surface area (Å²) < 4.78 is 5.72. The number of benzene rings is 1. The molecule has 1 aromatic rings. The van der Waals surface area contributed by atoms with Crippen molar-refractivity contribution in [3.63, 3.8) is 0 Å². The molecule has 1 N–H and O–H groups in total. The lowest BCUT2D eigenvalue weighted by molar-refractivity contribution is -0.127. The van der Waals surface area contributed by atoms with Crippen molar-refractivity contribution >= 4 is 5.91 Å². The van der Waals surface area contributed by atoms with E-state index in [1.165, 1.54) is 5.56 Å². The molecule has 0 aliphatic heterocycles. The molecule has 0 heterocycles. The van der Waals surface area contributed by atoms with Crippen LogP contribution in [0.4, 0.5) is 0 Å². The summed E-state index contributed by atoms with van der Waals surface area (Å²) in [5, 5.41) is 2.72. The minimum Gasteiger partial charge on any atom is -0.481 e. The molecule has 1 atom stereocenters. The van der Waals surface area contributed by atoms with Gasteiger partial charge in [-0.3, -0.25) is 4.79 Å². The van der Waals surface area contributed by atoms with Gasteiger partial charge in [-0.25, -0.2) is 0 Å².